The fraction of sp³-hybridized carbons (Fsp3) is 0.433. The molecule has 21 heteroatoms. The molecule has 0 unspecified atom stereocenters. The van der Waals surface area contributed by atoms with E-state index < -0.39 is 43.5 Å². The summed E-state index contributed by atoms with van der Waals surface area (Å²) in [6.07, 6.45) is 0.929. The lowest BCUT2D eigenvalue weighted by atomic mass is 9.99. The molecule has 0 saturated carbocycles. The maximum atomic E-state index is 14.1. The van der Waals surface area contributed by atoms with Crippen molar-refractivity contribution in [3.63, 3.8) is 0 Å². The number of nitrogens with one attached hydrogen (secondary N) is 9. The molecule has 21 nitrogen and oxygen atoms in total. The van der Waals surface area contributed by atoms with Crippen molar-refractivity contribution in [3.8, 4) is 0 Å². The molecule has 111 heavy (non-hydrogen) atoms. The Morgan fingerprint density at radius 1 is 0.333 bits per heavy atom. The van der Waals surface area contributed by atoms with Gasteiger partial charge in [-0.15, -0.1) is 0 Å². The Morgan fingerprint density at radius 2 is 0.649 bits per heavy atom. The molecule has 0 aromatic carbocycles. The van der Waals surface area contributed by atoms with Crippen LogP contribution in [0, 0.1) is 34.6 Å². The summed E-state index contributed by atoms with van der Waals surface area (Å²) in [5.74, 6) is -0.662. The van der Waals surface area contributed by atoms with E-state index in [1.807, 2.05) is 6.92 Å². The van der Waals surface area contributed by atoms with Gasteiger partial charge >= 0.3 is 0 Å². The highest BCUT2D eigenvalue weighted by molar-refractivity contribution is 6.01. The Kier molecular flexibility index (Phi) is 24.6. The summed E-state index contributed by atoms with van der Waals surface area (Å²) in [6.45, 7) is 35.9. The van der Waals surface area contributed by atoms with Crippen molar-refractivity contribution in [2.75, 3.05) is 26.2 Å². The number of aromatic nitrogens is 10. The normalized spacial score (nSPS) is 14.3. The molecule has 20 bridgehead atoms. The molecule has 4 atom stereocenters. The van der Waals surface area contributed by atoms with Crippen molar-refractivity contribution in [3.05, 3.63) is 161 Å². The number of carbonyl (C=O) groups excluding carboxylic acids is 3. The van der Waals surface area contributed by atoms with Crippen LogP contribution in [0.2, 0.25) is 0 Å². The monoisotopic (exact) mass is 1500 g/mol. The fourth-order valence-electron chi connectivity index (χ4n) is 17.3. The third kappa shape index (κ3) is 15.7. The van der Waals surface area contributed by atoms with Crippen molar-refractivity contribution in [2.45, 2.75) is 232 Å². The second-order valence-electron chi connectivity index (χ2n) is 30.3. The Labute approximate surface area is 649 Å². The standard InChI is InChI=1S/C90H113N13O8/c1-18-53-44(9)64-35-71-55(20-3)49(14)85(100-71)86-50(15)56(21-4)72(101-86)36-65-45(10)54(19-2)70(95-65)39-77-61(46(11)66(96-77)34-69(53)94-64)26-29-82(107)91-32-33-92-83(108)30-27-62-47(12)67-37-73-57(22-5)51(16)87(102-73)88-52(17)58(23-6)74(103-88)38-68-48(13)63(28-31-84(109)93-42-80(105)89(110)90(111)81(106)43-104)79(98-68)41-76-60(25-8)59(24-7)75(99-76)40-78(62)97-67/h34-41,80-81,89-90,94,96-100,104-106,110-111H,18-33,42-43H2,1-17H3,(H,91,107)(H,92,108)(H,93,109)/t80-,81+,89+,90+/m0/s1. The second-order valence-corrected chi connectivity index (χ2v) is 30.3. The van der Waals surface area contributed by atoms with E-state index in [-0.39, 0.29) is 44.2 Å². The number of rotatable bonds is 26. The van der Waals surface area contributed by atoms with Gasteiger partial charge in [-0.05, 0) is 293 Å². The molecule has 0 fully saturated rings. The van der Waals surface area contributed by atoms with Crippen molar-refractivity contribution in [1.29, 1.82) is 0 Å². The Hall–Kier alpha value is -10.0. The molecule has 0 spiro atoms. The van der Waals surface area contributed by atoms with Crippen LogP contribution in [0.1, 0.15) is 240 Å². The van der Waals surface area contributed by atoms with Crippen molar-refractivity contribution >= 4 is 129 Å². The van der Waals surface area contributed by atoms with Crippen LogP contribution in [-0.2, 0) is 59.3 Å². The van der Waals surface area contributed by atoms with E-state index in [0.29, 0.717) is 25.7 Å². The number of aliphatic hydroxyl groups excluding tert-OH is 5. The van der Waals surface area contributed by atoms with E-state index in [1.54, 1.807) is 0 Å². The minimum absolute atomic E-state index is 0.0202. The zero-order valence-corrected chi connectivity index (χ0v) is 67.9. The highest BCUT2D eigenvalue weighted by atomic mass is 16.4. The average molecular weight is 1500 g/mol. The number of carbonyl (C=O) groups is 3. The molecule has 3 amide bonds. The van der Waals surface area contributed by atoms with Crippen LogP contribution in [-0.4, -0.2) is 144 Å². The smallest absolute Gasteiger partial charge is 0.220 e. The van der Waals surface area contributed by atoms with Gasteiger partial charge in [0.05, 0.1) is 63.8 Å². The Bertz CT molecular complexity index is 5620. The van der Waals surface area contributed by atoms with Crippen LogP contribution in [0.25, 0.3) is 111 Å². The van der Waals surface area contributed by atoms with Crippen molar-refractivity contribution < 1.29 is 39.9 Å². The number of fused-ring (bicyclic) bond motifs is 22. The summed E-state index contributed by atoms with van der Waals surface area (Å²) >= 11 is 0. The molecule has 4 aliphatic heterocycles. The number of aliphatic hydroxyl groups is 5. The van der Waals surface area contributed by atoms with E-state index in [9.17, 15) is 39.9 Å². The number of hydrogen-bond acceptors (Lipinski definition) is 12. The first-order valence-electron chi connectivity index (χ1n) is 40.1. The van der Waals surface area contributed by atoms with Crippen LogP contribution in [0.4, 0.5) is 0 Å². The highest BCUT2D eigenvalue weighted by Crippen LogP contribution is 2.43. The molecule has 0 saturated heterocycles. The van der Waals surface area contributed by atoms with Gasteiger partial charge in [0, 0.05) is 99.6 Å². The van der Waals surface area contributed by atoms with Crippen LogP contribution < -0.4 is 16.0 Å². The van der Waals surface area contributed by atoms with Gasteiger partial charge in [-0.25, -0.2) is 19.9 Å². The third-order valence-corrected chi connectivity index (χ3v) is 23.9. The van der Waals surface area contributed by atoms with E-state index in [4.69, 9.17) is 19.9 Å². The molecule has 8 aromatic rings. The molecule has 8 aromatic heterocycles. The summed E-state index contributed by atoms with van der Waals surface area (Å²) in [4.78, 5) is 86.2. The number of H-pyrrole nitrogens is 6. The third-order valence-electron chi connectivity index (χ3n) is 23.9. The lowest BCUT2D eigenvalue weighted by Crippen LogP contribution is -2.49. The minimum Gasteiger partial charge on any atom is -0.394 e. The summed E-state index contributed by atoms with van der Waals surface area (Å²) in [5, 5.41) is 59.4. The SMILES string of the molecule is CCC1=C(C)c2cc3nc(c4[nH]c(cc5[nH]c(cc6[nH]c(cc1n2)c(CCC(=O)NCCNC(=O)CCc1c(C)c2cc7nc(c8nc(cc9[nH]c(cc%10[nH]c(cc1[nH]2)c(CC)c%10CC)c(CCC(=O)NC[C@H](O)[C@@H](O)[C@H](O)[C@H](O)CO)c9C)C(CC)=C8C)C(C)=C7CC)c6C)c(CC)c5C)c(CC)c4C)C(C)=C3CC. The molecule has 12 rings (SSSR count). The first kappa shape index (κ1) is 80.5. The predicted molar refractivity (Wildman–Crippen MR) is 451 cm³/mol. The van der Waals surface area contributed by atoms with E-state index in [2.05, 4.69) is 205 Å². The average Bonchev–Trinajstić information content (AvgIpc) is 1.61. The van der Waals surface area contributed by atoms with Crippen LogP contribution in [0.15, 0.2) is 48.5 Å². The number of aryl methyl sites for hydroxylation is 12. The molecule has 14 N–H and O–H groups in total. The van der Waals surface area contributed by atoms with E-state index >= 15 is 0 Å². The predicted octanol–water partition coefficient (Wildman–Crippen LogP) is 15.5. The van der Waals surface area contributed by atoms with Crippen molar-refractivity contribution in [1.82, 2.24) is 65.8 Å². The molecule has 12 heterocycles. The maximum absolute atomic E-state index is 14.1. The maximum Gasteiger partial charge on any atom is 0.220 e. The Morgan fingerprint density at radius 3 is 1.09 bits per heavy atom. The summed E-state index contributed by atoms with van der Waals surface area (Å²) in [5.41, 5.74) is 40.4. The number of aromatic amines is 6. The quantitative estimate of drug-likeness (QED) is 0.0225. The highest BCUT2D eigenvalue weighted by Gasteiger charge is 2.32. The van der Waals surface area contributed by atoms with Gasteiger partial charge in [0.2, 0.25) is 17.7 Å². The molecular weight excluding hydrogens is 1390 g/mol. The van der Waals surface area contributed by atoms with E-state index in [1.165, 1.54) is 39.0 Å². The topological polar surface area (TPSA) is 335 Å². The second kappa shape index (κ2) is 33.9. The van der Waals surface area contributed by atoms with Gasteiger partial charge < -0.3 is 71.4 Å². The first-order chi connectivity index (χ1) is 53.2. The summed E-state index contributed by atoms with van der Waals surface area (Å²) in [6, 6.07) is 17.3. The molecule has 4 aliphatic rings. The molecule has 0 aliphatic carbocycles. The van der Waals surface area contributed by atoms with Crippen LogP contribution in [0.5, 0.6) is 0 Å². The largest absolute Gasteiger partial charge is 0.394 e. The number of allylic oxidation sites excluding steroid dienone is 8. The number of hydrogen-bond donors (Lipinski definition) is 14. The van der Waals surface area contributed by atoms with Gasteiger partial charge in [0.1, 0.15) is 18.3 Å². The molecular formula is C90H113N13O8. The number of amides is 3. The first-order valence-corrected chi connectivity index (χ1v) is 40.1. The van der Waals surface area contributed by atoms with Gasteiger partial charge in [-0.3, -0.25) is 14.4 Å². The van der Waals surface area contributed by atoms with Crippen LogP contribution >= 0.6 is 0 Å². The Balaban J connectivity index is 0.834. The van der Waals surface area contributed by atoms with Gasteiger partial charge in [0.25, 0.3) is 0 Å². The molecule has 586 valence electrons. The zero-order chi connectivity index (χ0) is 79.7. The fourth-order valence-corrected chi connectivity index (χ4v) is 17.3. The minimum atomic E-state index is -1.82. The zero-order valence-electron chi connectivity index (χ0n) is 67.9. The van der Waals surface area contributed by atoms with Crippen LogP contribution in [0.3, 0.4) is 0 Å². The summed E-state index contributed by atoms with van der Waals surface area (Å²) in [7, 11) is 0. The lowest BCUT2D eigenvalue weighted by molar-refractivity contribution is -0.126. The van der Waals surface area contributed by atoms with Gasteiger partial charge in [-0.1, -0.05) is 55.4 Å². The van der Waals surface area contributed by atoms with E-state index in [0.717, 1.165) is 229 Å². The number of nitrogens with zero attached hydrogens (tertiary/aromatic N) is 4. The molecule has 0 radical (unpaired) electrons. The lowest BCUT2D eigenvalue weighted by Gasteiger charge is -2.25. The summed E-state index contributed by atoms with van der Waals surface area (Å²) < 4.78 is 0. The van der Waals surface area contributed by atoms with Gasteiger partial charge in [-0.2, -0.15) is 0 Å². The van der Waals surface area contributed by atoms with Gasteiger partial charge in [0.15, 0.2) is 0 Å². The van der Waals surface area contributed by atoms with Crippen molar-refractivity contribution in [2.24, 2.45) is 0 Å².